The predicted molar refractivity (Wildman–Crippen MR) is 132 cm³/mol. The molecular formula is C25H35N5O5. The lowest BCUT2D eigenvalue weighted by Gasteiger charge is -2.39. The van der Waals surface area contributed by atoms with Gasteiger partial charge >= 0.3 is 11.8 Å². The Labute approximate surface area is 206 Å². The van der Waals surface area contributed by atoms with E-state index in [1.165, 1.54) is 0 Å². The smallest absolute Gasteiger partial charge is 0.309 e. The van der Waals surface area contributed by atoms with Crippen molar-refractivity contribution in [3.05, 3.63) is 48.4 Å². The van der Waals surface area contributed by atoms with Gasteiger partial charge in [0.2, 0.25) is 0 Å². The average Bonchev–Trinajstić information content (AvgIpc) is 3.44. The van der Waals surface area contributed by atoms with Gasteiger partial charge in [0.15, 0.2) is 0 Å². The van der Waals surface area contributed by atoms with Gasteiger partial charge < -0.3 is 29.4 Å². The molecule has 10 heteroatoms. The number of nitrogens with one attached hydrogen (secondary N) is 2. The Kier molecular flexibility index (Phi) is 8.99. The number of anilines is 1. The lowest BCUT2D eigenvalue weighted by atomic mass is 10.1. The van der Waals surface area contributed by atoms with E-state index >= 15 is 0 Å². The number of methoxy groups -OCH3 is 1. The van der Waals surface area contributed by atoms with Crippen LogP contribution in [0.1, 0.15) is 11.8 Å². The molecule has 0 radical (unpaired) electrons. The summed E-state index contributed by atoms with van der Waals surface area (Å²) >= 11 is 0. The van der Waals surface area contributed by atoms with Crippen LogP contribution in [0.15, 0.2) is 47.1 Å². The lowest BCUT2D eigenvalue weighted by molar-refractivity contribution is -0.139. The first-order valence-electron chi connectivity index (χ1n) is 12.2. The molecule has 10 nitrogen and oxygen atoms in total. The van der Waals surface area contributed by atoms with Crippen molar-refractivity contribution in [2.24, 2.45) is 0 Å². The summed E-state index contributed by atoms with van der Waals surface area (Å²) in [5.41, 5.74) is 1.15. The molecule has 1 unspecified atom stereocenters. The third-order valence-corrected chi connectivity index (χ3v) is 6.54. The van der Waals surface area contributed by atoms with E-state index in [1.54, 1.807) is 13.4 Å². The Balaban J connectivity index is 1.26. The van der Waals surface area contributed by atoms with Crippen molar-refractivity contribution in [1.29, 1.82) is 0 Å². The molecule has 2 fully saturated rings. The number of carbonyl (C=O) groups is 2. The van der Waals surface area contributed by atoms with Gasteiger partial charge in [0, 0.05) is 64.6 Å². The summed E-state index contributed by atoms with van der Waals surface area (Å²) < 4.78 is 16.3. The maximum atomic E-state index is 12.4. The minimum Gasteiger partial charge on any atom is -0.497 e. The number of morpholine rings is 1. The van der Waals surface area contributed by atoms with Crippen molar-refractivity contribution in [1.82, 2.24) is 20.4 Å². The Hall–Kier alpha value is -3.08. The number of ether oxygens (including phenoxy) is 2. The van der Waals surface area contributed by atoms with Crippen LogP contribution in [-0.2, 0) is 14.3 Å². The van der Waals surface area contributed by atoms with E-state index in [2.05, 4.69) is 37.5 Å². The second kappa shape index (κ2) is 12.6. The van der Waals surface area contributed by atoms with Gasteiger partial charge in [-0.1, -0.05) is 0 Å². The molecule has 0 spiro atoms. The Morgan fingerprint density at radius 2 is 1.69 bits per heavy atom. The fourth-order valence-corrected chi connectivity index (χ4v) is 4.48. The van der Waals surface area contributed by atoms with E-state index in [4.69, 9.17) is 13.9 Å². The van der Waals surface area contributed by atoms with Crippen LogP contribution in [0, 0.1) is 0 Å². The molecule has 35 heavy (non-hydrogen) atoms. The zero-order valence-electron chi connectivity index (χ0n) is 20.3. The Morgan fingerprint density at radius 3 is 2.34 bits per heavy atom. The molecule has 0 bridgehead atoms. The van der Waals surface area contributed by atoms with Crippen molar-refractivity contribution in [2.45, 2.75) is 6.04 Å². The number of piperazine rings is 1. The molecule has 2 saturated heterocycles. The zero-order chi connectivity index (χ0) is 24.5. The standard InChI is InChI=1S/C25H35N5O5/c1-33-21-6-4-20(5-7-21)29-10-12-30(13-11-29)22(23-3-2-16-35-23)19-27-25(32)24(31)26-8-9-28-14-17-34-18-15-28/h2-7,16,22H,8-15,17-19H2,1H3,(H,26,31)(H,27,32). The molecule has 1 atom stereocenters. The summed E-state index contributed by atoms with van der Waals surface area (Å²) in [5, 5.41) is 5.51. The highest BCUT2D eigenvalue weighted by atomic mass is 16.5. The van der Waals surface area contributed by atoms with E-state index in [0.717, 1.165) is 56.5 Å². The number of hydrogen-bond donors (Lipinski definition) is 2. The van der Waals surface area contributed by atoms with Gasteiger partial charge in [-0.05, 0) is 36.4 Å². The number of carbonyl (C=O) groups excluding carboxylic acids is 2. The number of benzene rings is 1. The summed E-state index contributed by atoms with van der Waals surface area (Å²) in [6.45, 7) is 7.84. The van der Waals surface area contributed by atoms with Gasteiger partial charge in [-0.3, -0.25) is 19.4 Å². The molecule has 0 saturated carbocycles. The molecule has 3 heterocycles. The van der Waals surface area contributed by atoms with Gasteiger partial charge in [-0.2, -0.15) is 0 Å². The minimum atomic E-state index is -0.625. The van der Waals surface area contributed by atoms with Gasteiger partial charge in [0.25, 0.3) is 0 Å². The fraction of sp³-hybridized carbons (Fsp3) is 0.520. The van der Waals surface area contributed by atoms with Crippen molar-refractivity contribution >= 4 is 17.5 Å². The second-order valence-electron chi connectivity index (χ2n) is 8.67. The van der Waals surface area contributed by atoms with Crippen molar-refractivity contribution in [2.75, 3.05) is 84.1 Å². The molecule has 1 aromatic carbocycles. The van der Waals surface area contributed by atoms with E-state index in [1.807, 2.05) is 24.3 Å². The van der Waals surface area contributed by atoms with Gasteiger partial charge in [0.05, 0.1) is 32.6 Å². The number of rotatable bonds is 9. The first-order valence-corrected chi connectivity index (χ1v) is 12.2. The fourth-order valence-electron chi connectivity index (χ4n) is 4.48. The van der Waals surface area contributed by atoms with Crippen LogP contribution in [-0.4, -0.2) is 101 Å². The molecule has 1 aromatic heterocycles. The second-order valence-corrected chi connectivity index (χ2v) is 8.67. The number of amides is 2. The summed E-state index contributed by atoms with van der Waals surface area (Å²) in [4.78, 5) is 31.6. The molecule has 2 N–H and O–H groups in total. The minimum absolute atomic E-state index is 0.145. The quantitative estimate of drug-likeness (QED) is 0.502. The predicted octanol–water partition coefficient (Wildman–Crippen LogP) is 0.716. The van der Waals surface area contributed by atoms with Crippen LogP contribution in [0.3, 0.4) is 0 Å². The van der Waals surface area contributed by atoms with Crippen LogP contribution in [0.4, 0.5) is 5.69 Å². The summed E-state index contributed by atoms with van der Waals surface area (Å²) in [6, 6.07) is 11.7. The van der Waals surface area contributed by atoms with Gasteiger partial charge in [-0.25, -0.2) is 0 Å². The molecule has 2 aliphatic rings. The molecule has 2 aromatic rings. The van der Waals surface area contributed by atoms with E-state index in [9.17, 15) is 9.59 Å². The third-order valence-electron chi connectivity index (χ3n) is 6.54. The maximum absolute atomic E-state index is 12.4. The highest BCUT2D eigenvalue weighted by Gasteiger charge is 2.28. The topological polar surface area (TPSA) is 99.5 Å². The van der Waals surface area contributed by atoms with E-state index < -0.39 is 11.8 Å². The zero-order valence-corrected chi connectivity index (χ0v) is 20.3. The number of nitrogens with zero attached hydrogens (tertiary/aromatic N) is 3. The Morgan fingerprint density at radius 1 is 0.971 bits per heavy atom. The normalized spacial score (nSPS) is 18.1. The third kappa shape index (κ3) is 6.97. The Bertz CT molecular complexity index is 922. The molecule has 0 aliphatic carbocycles. The lowest BCUT2D eigenvalue weighted by Crippen LogP contribution is -2.51. The average molecular weight is 486 g/mol. The highest BCUT2D eigenvalue weighted by Crippen LogP contribution is 2.25. The highest BCUT2D eigenvalue weighted by molar-refractivity contribution is 6.35. The van der Waals surface area contributed by atoms with Gasteiger partial charge in [0.1, 0.15) is 11.5 Å². The van der Waals surface area contributed by atoms with Crippen molar-refractivity contribution in [3.63, 3.8) is 0 Å². The largest absolute Gasteiger partial charge is 0.497 e. The first-order chi connectivity index (χ1) is 17.1. The van der Waals surface area contributed by atoms with Crippen LogP contribution in [0.25, 0.3) is 0 Å². The van der Waals surface area contributed by atoms with Crippen molar-refractivity contribution < 1.29 is 23.5 Å². The SMILES string of the molecule is COc1ccc(N2CCN(C(CNC(=O)C(=O)NCCN3CCOCC3)c3ccco3)CC2)cc1. The molecule has 2 aliphatic heterocycles. The summed E-state index contributed by atoms with van der Waals surface area (Å²) in [5.74, 6) is 0.378. The molecule has 2 amide bonds. The molecule has 190 valence electrons. The van der Waals surface area contributed by atoms with E-state index in [0.29, 0.717) is 32.8 Å². The van der Waals surface area contributed by atoms with Crippen LogP contribution < -0.4 is 20.3 Å². The van der Waals surface area contributed by atoms with Crippen LogP contribution in [0.2, 0.25) is 0 Å². The summed E-state index contributed by atoms with van der Waals surface area (Å²) in [7, 11) is 1.66. The van der Waals surface area contributed by atoms with Gasteiger partial charge in [-0.15, -0.1) is 0 Å². The summed E-state index contributed by atoms with van der Waals surface area (Å²) in [6.07, 6.45) is 1.64. The van der Waals surface area contributed by atoms with Crippen molar-refractivity contribution in [3.8, 4) is 5.75 Å². The number of hydrogen-bond acceptors (Lipinski definition) is 8. The maximum Gasteiger partial charge on any atom is 0.309 e. The number of furan rings is 1. The van der Waals surface area contributed by atoms with Crippen LogP contribution in [0.5, 0.6) is 5.75 Å². The molecule has 4 rings (SSSR count). The van der Waals surface area contributed by atoms with E-state index in [-0.39, 0.29) is 6.04 Å². The monoisotopic (exact) mass is 485 g/mol. The first kappa shape index (κ1) is 25.0. The van der Waals surface area contributed by atoms with Crippen LogP contribution >= 0.6 is 0 Å². The molecular weight excluding hydrogens is 450 g/mol.